The Labute approximate surface area is 183 Å². The van der Waals surface area contributed by atoms with Gasteiger partial charge in [-0.15, -0.1) is 0 Å². The minimum Gasteiger partial charge on any atom is -0.338 e. The molecule has 0 radical (unpaired) electrons. The Morgan fingerprint density at radius 3 is 2.75 bits per heavy atom. The van der Waals surface area contributed by atoms with E-state index in [0.29, 0.717) is 12.5 Å². The number of piperidine rings is 2. The van der Waals surface area contributed by atoms with Crippen LogP contribution in [-0.4, -0.2) is 55.1 Å². The number of likely N-dealkylation sites (tertiary alicyclic amines) is 2. The number of hydrogen-bond acceptors (Lipinski definition) is 2. The number of carbonyl (C=O) groups excluding carboxylic acids is 1. The molecule has 6 heteroatoms. The SMILES string of the molecule is CCNC(=O)N1CCCC(CCN2CCC(Cc3cc(Cl)ccc3Br)CC2)C1. The van der Waals surface area contributed by atoms with Crippen LogP contribution < -0.4 is 5.32 Å². The molecule has 0 bridgehead atoms. The van der Waals surface area contributed by atoms with Crippen molar-refractivity contribution in [1.82, 2.24) is 15.1 Å². The second kappa shape index (κ2) is 10.8. The van der Waals surface area contributed by atoms with Gasteiger partial charge >= 0.3 is 6.03 Å². The van der Waals surface area contributed by atoms with Gasteiger partial charge in [0.25, 0.3) is 0 Å². The lowest BCUT2D eigenvalue weighted by Crippen LogP contribution is -2.46. The highest BCUT2D eigenvalue weighted by Crippen LogP contribution is 2.28. The van der Waals surface area contributed by atoms with E-state index in [9.17, 15) is 4.79 Å². The average Bonchev–Trinajstić information content (AvgIpc) is 2.70. The number of rotatable bonds is 6. The van der Waals surface area contributed by atoms with Crippen molar-refractivity contribution in [3.8, 4) is 0 Å². The molecular formula is C22H33BrClN3O. The lowest BCUT2D eigenvalue weighted by atomic mass is 9.89. The van der Waals surface area contributed by atoms with Gasteiger partial charge in [-0.1, -0.05) is 27.5 Å². The first-order valence-corrected chi connectivity index (χ1v) is 11.9. The molecule has 2 aliphatic heterocycles. The molecular weight excluding hydrogens is 438 g/mol. The zero-order valence-corrected chi connectivity index (χ0v) is 19.3. The molecule has 1 aromatic carbocycles. The number of nitrogens with one attached hydrogen (secondary N) is 1. The Kier molecular flexibility index (Phi) is 8.49. The van der Waals surface area contributed by atoms with Crippen molar-refractivity contribution < 1.29 is 4.79 Å². The number of hydrogen-bond donors (Lipinski definition) is 1. The molecule has 4 nitrogen and oxygen atoms in total. The van der Waals surface area contributed by atoms with Crippen LogP contribution in [-0.2, 0) is 6.42 Å². The predicted molar refractivity (Wildman–Crippen MR) is 120 cm³/mol. The Morgan fingerprint density at radius 1 is 1.21 bits per heavy atom. The molecule has 1 unspecified atom stereocenters. The van der Waals surface area contributed by atoms with Crippen molar-refractivity contribution in [3.05, 3.63) is 33.3 Å². The lowest BCUT2D eigenvalue weighted by Gasteiger charge is -2.36. The van der Waals surface area contributed by atoms with Crippen LogP contribution in [0.3, 0.4) is 0 Å². The van der Waals surface area contributed by atoms with Gasteiger partial charge in [0, 0.05) is 29.1 Å². The molecule has 2 amide bonds. The van der Waals surface area contributed by atoms with E-state index in [-0.39, 0.29) is 6.03 Å². The van der Waals surface area contributed by atoms with E-state index in [4.69, 9.17) is 11.6 Å². The smallest absolute Gasteiger partial charge is 0.317 e. The van der Waals surface area contributed by atoms with E-state index in [2.05, 4.69) is 38.3 Å². The van der Waals surface area contributed by atoms with Crippen LogP contribution in [0.1, 0.15) is 44.6 Å². The molecule has 0 spiro atoms. The van der Waals surface area contributed by atoms with Gasteiger partial charge in [-0.25, -0.2) is 4.79 Å². The normalized spacial score (nSPS) is 21.7. The Hall–Kier alpha value is -0.780. The third-order valence-electron chi connectivity index (χ3n) is 6.21. The molecule has 1 aromatic rings. The van der Waals surface area contributed by atoms with Crippen molar-refractivity contribution >= 4 is 33.6 Å². The van der Waals surface area contributed by atoms with Crippen LogP contribution in [0.25, 0.3) is 0 Å². The molecule has 2 fully saturated rings. The first-order chi connectivity index (χ1) is 13.5. The maximum atomic E-state index is 12.1. The number of amides is 2. The van der Waals surface area contributed by atoms with Crippen LogP contribution in [0.2, 0.25) is 5.02 Å². The molecule has 1 atom stereocenters. The molecule has 0 aliphatic carbocycles. The summed E-state index contributed by atoms with van der Waals surface area (Å²) in [5.41, 5.74) is 1.33. The van der Waals surface area contributed by atoms with Gasteiger partial charge < -0.3 is 15.1 Å². The number of halogens is 2. The minimum absolute atomic E-state index is 0.111. The molecule has 28 heavy (non-hydrogen) atoms. The highest BCUT2D eigenvalue weighted by Gasteiger charge is 2.25. The molecule has 0 saturated carbocycles. The summed E-state index contributed by atoms with van der Waals surface area (Å²) in [5.74, 6) is 1.39. The summed E-state index contributed by atoms with van der Waals surface area (Å²) in [7, 11) is 0. The standard InChI is InChI=1S/C22H33BrClN3O/c1-2-25-22(28)27-10-3-4-18(16-27)9-13-26-11-7-17(8-12-26)14-19-15-20(24)5-6-21(19)23/h5-6,15,17-18H,2-4,7-14,16H2,1H3,(H,25,28). The topological polar surface area (TPSA) is 35.6 Å². The molecule has 2 heterocycles. The molecule has 0 aromatic heterocycles. The Bertz CT molecular complexity index is 649. The van der Waals surface area contributed by atoms with Gasteiger partial charge in [-0.05, 0) is 101 Å². The maximum absolute atomic E-state index is 12.1. The first kappa shape index (κ1) is 21.9. The van der Waals surface area contributed by atoms with E-state index in [1.54, 1.807) is 0 Å². The quantitative estimate of drug-likeness (QED) is 0.621. The van der Waals surface area contributed by atoms with Crippen molar-refractivity contribution in [2.75, 3.05) is 39.3 Å². The van der Waals surface area contributed by atoms with Crippen molar-refractivity contribution in [1.29, 1.82) is 0 Å². The van der Waals surface area contributed by atoms with Crippen LogP contribution in [0.5, 0.6) is 0 Å². The van der Waals surface area contributed by atoms with Gasteiger partial charge in [-0.3, -0.25) is 0 Å². The lowest BCUT2D eigenvalue weighted by molar-refractivity contribution is 0.140. The van der Waals surface area contributed by atoms with E-state index < -0.39 is 0 Å². The third kappa shape index (κ3) is 6.36. The van der Waals surface area contributed by atoms with E-state index >= 15 is 0 Å². The van der Waals surface area contributed by atoms with Gasteiger partial charge in [0.1, 0.15) is 0 Å². The summed E-state index contributed by atoms with van der Waals surface area (Å²) in [5, 5.41) is 3.76. The van der Waals surface area contributed by atoms with Gasteiger partial charge in [0.15, 0.2) is 0 Å². The molecule has 156 valence electrons. The number of urea groups is 1. The van der Waals surface area contributed by atoms with Gasteiger partial charge in [-0.2, -0.15) is 0 Å². The molecule has 2 aliphatic rings. The summed E-state index contributed by atoms with van der Waals surface area (Å²) in [6.45, 7) is 8.07. The van der Waals surface area contributed by atoms with Crippen molar-refractivity contribution in [2.45, 2.75) is 45.4 Å². The van der Waals surface area contributed by atoms with Crippen LogP contribution in [0, 0.1) is 11.8 Å². The largest absolute Gasteiger partial charge is 0.338 e. The fraction of sp³-hybridized carbons (Fsp3) is 0.682. The van der Waals surface area contributed by atoms with Crippen LogP contribution >= 0.6 is 27.5 Å². The van der Waals surface area contributed by atoms with Gasteiger partial charge in [0.05, 0.1) is 0 Å². The highest BCUT2D eigenvalue weighted by atomic mass is 79.9. The molecule has 3 rings (SSSR count). The summed E-state index contributed by atoms with van der Waals surface area (Å²) in [6.07, 6.45) is 7.23. The van der Waals surface area contributed by atoms with Crippen molar-refractivity contribution in [2.24, 2.45) is 11.8 Å². The summed E-state index contributed by atoms with van der Waals surface area (Å²) >= 11 is 9.82. The maximum Gasteiger partial charge on any atom is 0.317 e. The number of benzene rings is 1. The summed E-state index contributed by atoms with van der Waals surface area (Å²) < 4.78 is 1.17. The van der Waals surface area contributed by atoms with E-state index in [0.717, 1.165) is 36.9 Å². The fourth-order valence-electron chi connectivity index (χ4n) is 4.54. The van der Waals surface area contributed by atoms with Crippen LogP contribution in [0.4, 0.5) is 4.79 Å². The summed E-state index contributed by atoms with van der Waals surface area (Å²) in [4.78, 5) is 16.7. The third-order valence-corrected chi connectivity index (χ3v) is 7.22. The second-order valence-corrected chi connectivity index (χ2v) is 9.59. The molecule has 1 N–H and O–H groups in total. The Morgan fingerprint density at radius 2 is 2.00 bits per heavy atom. The summed E-state index contributed by atoms with van der Waals surface area (Å²) in [6, 6.07) is 6.21. The van der Waals surface area contributed by atoms with Crippen LogP contribution in [0.15, 0.2) is 22.7 Å². The van der Waals surface area contributed by atoms with Gasteiger partial charge in [0.2, 0.25) is 0 Å². The monoisotopic (exact) mass is 469 g/mol. The number of carbonyl (C=O) groups is 1. The first-order valence-electron chi connectivity index (χ1n) is 10.7. The zero-order valence-electron chi connectivity index (χ0n) is 16.9. The minimum atomic E-state index is 0.111. The number of nitrogens with zero attached hydrogens (tertiary/aromatic N) is 2. The Balaban J connectivity index is 1.38. The second-order valence-electron chi connectivity index (χ2n) is 8.30. The fourth-order valence-corrected chi connectivity index (χ4v) is 5.14. The zero-order chi connectivity index (χ0) is 19.9. The molecule has 2 saturated heterocycles. The average molecular weight is 471 g/mol. The van der Waals surface area contributed by atoms with E-state index in [1.165, 1.54) is 55.4 Å². The van der Waals surface area contributed by atoms with Crippen molar-refractivity contribution in [3.63, 3.8) is 0 Å². The van der Waals surface area contributed by atoms with E-state index in [1.807, 2.05) is 17.9 Å². The predicted octanol–water partition coefficient (Wildman–Crippen LogP) is 5.19. The highest BCUT2D eigenvalue weighted by molar-refractivity contribution is 9.10.